The maximum Gasteiger partial charge on any atom is 0.451 e. The van der Waals surface area contributed by atoms with E-state index in [0.717, 1.165) is 31.4 Å². The van der Waals surface area contributed by atoms with Gasteiger partial charge in [-0.15, -0.1) is 10.2 Å². The first-order valence-corrected chi connectivity index (χ1v) is 9.69. The van der Waals surface area contributed by atoms with Gasteiger partial charge in [0.2, 0.25) is 5.82 Å². The molecule has 0 aromatic carbocycles. The Morgan fingerprint density at radius 2 is 2.04 bits per heavy atom. The van der Waals surface area contributed by atoms with Crippen LogP contribution in [0.5, 0.6) is 0 Å². The molecule has 28 heavy (non-hydrogen) atoms. The Kier molecular flexibility index (Phi) is 0.867. The van der Waals surface area contributed by atoms with Crippen LogP contribution >= 0.6 is 0 Å². The van der Waals surface area contributed by atoms with Crippen LogP contribution in [-0.2, 0) is 24.7 Å². The molecule has 2 aromatic rings. The van der Waals surface area contributed by atoms with Gasteiger partial charge in [-0.2, -0.15) is 13.2 Å². The fourth-order valence-corrected chi connectivity index (χ4v) is 4.61. The highest BCUT2D eigenvalue weighted by atomic mass is 19.4. The Bertz CT molecular complexity index is 928. The highest BCUT2D eigenvalue weighted by Gasteiger charge is 2.42. The zero-order valence-electron chi connectivity index (χ0n) is 95.9. The van der Waals surface area contributed by atoms with Gasteiger partial charge in [0.15, 0.2) is 0 Å². The van der Waals surface area contributed by atoms with Crippen molar-refractivity contribution < 1.29 is 133 Å². The average molecular weight is 559 g/mol. The molecule has 1 aliphatic heterocycles. The molecule has 0 saturated heterocycles. The van der Waals surface area contributed by atoms with Crippen molar-refractivity contribution in [2.75, 3.05) is 13.1 Å². The van der Waals surface area contributed by atoms with E-state index in [0.29, 0.717) is 31.5 Å². The first kappa shape index (κ1) is 3.41. The van der Waals surface area contributed by atoms with E-state index in [4.69, 9.17) is 125 Å². The second-order valence-electron chi connectivity index (χ2n) is 7.99. The number of hydrogen-bond acceptors (Lipinski definition) is 5. The first-order valence-electron chi connectivity index (χ1n) is 49.7. The summed E-state index contributed by atoms with van der Waals surface area (Å²) >= 11 is 0. The number of rotatable bonds is 3. The Labute approximate surface area is 286 Å². The zero-order chi connectivity index (χ0) is 99.9. The monoisotopic (exact) mass is 558 g/mol. The van der Waals surface area contributed by atoms with Crippen LogP contribution in [0.1, 0.15) is 169 Å². The minimum Gasteiger partial charge on any atom is -0.330 e. The molecule has 0 spiro atoms. The summed E-state index contributed by atoms with van der Waals surface area (Å²) in [6, 6.07) is 4.43. The lowest BCUT2D eigenvalue weighted by atomic mass is 9.69. The summed E-state index contributed by atoms with van der Waals surface area (Å²) < 4.78 is 440. The summed E-state index contributed by atoms with van der Waals surface area (Å²) in [6.07, 6.45) is 1.15. The number of nitrogens with zero attached hydrogens (tertiary/aromatic N) is 5. The highest BCUT2D eigenvalue weighted by Crippen LogP contribution is 2.40. The fourth-order valence-electron chi connectivity index (χ4n) is 4.61. The number of aryl methyl sites for hydroxylation is 1. The molecule has 6 nitrogen and oxygen atoms in total. The molecule has 3 heterocycles. The van der Waals surface area contributed by atoms with Crippen LogP contribution in [0.2, 0.25) is 0 Å². The third-order valence-corrected chi connectivity index (χ3v) is 6.31. The smallest absolute Gasteiger partial charge is 0.330 e. The van der Waals surface area contributed by atoms with Gasteiger partial charge in [-0.3, -0.25) is 9.88 Å². The van der Waals surface area contributed by atoms with E-state index in [9.17, 15) is 13.2 Å². The van der Waals surface area contributed by atoms with Gasteiger partial charge in [0, 0.05) is 163 Å². The van der Waals surface area contributed by atoms with Crippen LogP contribution < -0.4 is 5.73 Å². The van der Waals surface area contributed by atoms with Gasteiger partial charge in [0.05, 0.1) is 6.54 Å². The van der Waals surface area contributed by atoms with Crippen LogP contribution in [0, 0.1) is 6.92 Å². The Morgan fingerprint density at radius 1 is 1.29 bits per heavy atom. The predicted molar refractivity (Wildman–Crippen MR) is 184 cm³/mol. The molecule has 234 valence electrons. The summed E-state index contributed by atoms with van der Waals surface area (Å²) in [5.74, 6) is -0.493. The molecule has 0 atom stereocenters. The van der Waals surface area contributed by atoms with Crippen molar-refractivity contribution in [3.05, 3.63) is 41.2 Å². The lowest BCUT2D eigenvalue weighted by molar-refractivity contribution is -0.148. The SMILES string of the molecule is Cc1ccnc(C2(CN)CCC(N3CCn4c(nnc4C(F)(F)F)C3)CC2)c1.[2HH].[2H][2H].[2H][2H].[2H][2H].[2H][2H].[2H][2H].[2H][2H].[2H][2H].[2H][2H].[2H][2H].[2H][2H].[2H][2H].[2H][2H].[2H][2H].[2H][2H].[2H][2H].[2H][2H].[2H][2H].[2H][2H].[2H][2H].[2H][2H].[2H][2H].[2H][2H].[2H][2H].[2H][2H].[2H][2H].[2H][2H].[2H][2H].[2H][2H].[2H][2H].[2H][2H].[2H][2H].[2H][2H].[2H][2H].[2H][2H].[2H][2H].[2H][2H].[2H][2H].[2H][2H].[2H][2H].[2H][2H]. The average Bonchev–Trinajstić information content (AvgIpc) is 1.77. The van der Waals surface area contributed by atoms with E-state index >= 15 is 0 Å². The number of alkyl halides is 3. The van der Waals surface area contributed by atoms with E-state index in [-0.39, 0.29) is 13.4 Å². The molecule has 2 aliphatic rings. The first-order chi connectivity index (χ1) is 53.3. The summed E-state index contributed by atoms with van der Waals surface area (Å²) in [7, 11) is 0. The largest absolute Gasteiger partial charge is 0.451 e. The third-order valence-electron chi connectivity index (χ3n) is 6.31. The lowest BCUT2D eigenvalue weighted by Gasteiger charge is -2.43. The molecule has 9 heteroatoms. The molecule has 1 saturated carbocycles. The Balaban J connectivity index is -0.0000000149. The Morgan fingerprint density at radius 3 is 2.68 bits per heavy atom. The van der Waals surface area contributed by atoms with Crippen molar-refractivity contribution in [2.24, 2.45) is 5.73 Å². The molecule has 2 N–H and O–H groups in total. The summed E-state index contributed by atoms with van der Waals surface area (Å²) in [5, 5.41) is 7.16. The normalized spacial score (nSPS) is 37.7. The second-order valence-corrected chi connectivity index (χ2v) is 7.99. The summed E-state index contributed by atoms with van der Waals surface area (Å²) in [6.45, 7) is 3.87. The number of nitrogens with two attached hydrogens (primary N) is 1. The second kappa shape index (κ2) is 7.11. The molecule has 2 aromatic heterocycles. The molecule has 0 bridgehead atoms. The number of halogens is 3. The van der Waals surface area contributed by atoms with Crippen LogP contribution in [0.15, 0.2) is 18.3 Å². The van der Waals surface area contributed by atoms with Gasteiger partial charge in [-0.1, -0.05) is 0 Å². The third kappa shape index (κ3) is 3.41. The van der Waals surface area contributed by atoms with Crippen molar-refractivity contribution in [2.45, 2.75) is 63.3 Å². The van der Waals surface area contributed by atoms with Gasteiger partial charge < -0.3 is 10.3 Å². The Hall–Kier alpha value is -2.00. The van der Waals surface area contributed by atoms with Crippen LogP contribution in [0.25, 0.3) is 0 Å². The molecular formula is C19H107F3N6. The van der Waals surface area contributed by atoms with Crippen LogP contribution in [-0.4, -0.2) is 43.8 Å². The molecule has 4 rings (SSSR count). The molecule has 0 radical (unpaired) electrons. The molecule has 0 amide bonds. The van der Waals surface area contributed by atoms with Gasteiger partial charge in [0.1, 0.15) is 5.82 Å². The van der Waals surface area contributed by atoms with E-state index in [1.54, 1.807) is 0 Å². The predicted octanol–water partition coefficient (Wildman–Crippen LogP) is 12.7. The molecular weight excluding hydrogens is 369 g/mol. The number of hydrogen-bond donors (Lipinski definition) is 1. The van der Waals surface area contributed by atoms with Crippen molar-refractivity contribution in [1.29, 1.82) is 0 Å². The highest BCUT2D eigenvalue weighted by molar-refractivity contribution is 5.24. The standard InChI is InChI=1S/C19H25F3N6.41H2/c1-13-4-7-24-15(10-13)18(12-23)5-2-14(3-6-18)27-8-9-28-16(11-27)25-26-17(28)19(20,21)22;;;;;;;;;;;;;;;;;;;;;;;;;;;;;;;;;;;;;;;;;/h4,7,10,14H,2-3,5-6,8-9,11-12,23H2,1H3;41*1H/i;40*1+1D;1+1. The van der Waals surface area contributed by atoms with Crippen molar-refractivity contribution in [3.63, 3.8) is 0 Å². The molecule has 0 unspecified atom stereocenters. The number of fused-ring (bicyclic) bond motifs is 1. The minimum absolute atomic E-state index is 0. The maximum absolute atomic E-state index is 13.0. The minimum atomic E-state index is -4.46. The maximum atomic E-state index is 13.0. The molecule has 1 aliphatic carbocycles. The molecule has 1 fully saturated rings. The van der Waals surface area contributed by atoms with Crippen LogP contribution in [0.3, 0.4) is 0 Å². The van der Waals surface area contributed by atoms with Crippen LogP contribution in [0.4, 0.5) is 13.2 Å². The van der Waals surface area contributed by atoms with Gasteiger partial charge in [-0.25, -0.2) is 0 Å². The van der Waals surface area contributed by atoms with E-state index in [1.165, 1.54) is 10.1 Å². The van der Waals surface area contributed by atoms with Crippen molar-refractivity contribution in [3.8, 4) is 0 Å². The van der Waals surface area contributed by atoms with Crippen molar-refractivity contribution >= 4 is 0 Å². The van der Waals surface area contributed by atoms with E-state index in [1.807, 2.05) is 12.3 Å². The lowest BCUT2D eigenvalue weighted by Crippen LogP contribution is -2.48. The summed E-state index contributed by atoms with van der Waals surface area (Å²) in [4.78, 5) is 6.82. The quantitative estimate of drug-likeness (QED) is 0.406. The van der Waals surface area contributed by atoms with Gasteiger partial charge in [0.25, 0.3) is 0 Å². The number of pyridine rings is 1. The fraction of sp³-hybridized carbons (Fsp3) is 0.632. The summed E-state index contributed by atoms with van der Waals surface area (Å²) in [5.41, 5.74) is 8.29. The zero-order valence-corrected chi connectivity index (χ0v) is 15.9. The van der Waals surface area contributed by atoms with Gasteiger partial charge >= 0.3 is 6.18 Å². The van der Waals surface area contributed by atoms with Gasteiger partial charge in [-0.05, 0) is 50.3 Å². The topological polar surface area (TPSA) is 72.9 Å². The van der Waals surface area contributed by atoms with Crippen molar-refractivity contribution in [1.82, 2.24) is 24.6 Å². The van der Waals surface area contributed by atoms with E-state index in [2.05, 4.69) is 33.1 Å². The van der Waals surface area contributed by atoms with E-state index < -0.39 is 12.0 Å². The number of aromatic nitrogens is 4.